The van der Waals surface area contributed by atoms with Crippen molar-refractivity contribution in [3.05, 3.63) is 42.9 Å². The number of pyridine rings is 1. The third kappa shape index (κ3) is 4.00. The number of hydrogen-bond acceptors (Lipinski definition) is 4. The average Bonchev–Trinajstić information content (AvgIpc) is 3.14. The quantitative estimate of drug-likeness (QED) is 0.730. The summed E-state index contributed by atoms with van der Waals surface area (Å²) in [6.45, 7) is 5.34. The first-order valence-corrected chi connectivity index (χ1v) is 9.97. The SMILES string of the molecule is CC(C)N1CCC(F)(C(=O)Nc2cc3cc(-c4cnn(C)c4)ccc3cn2)CC1. The van der Waals surface area contributed by atoms with Crippen molar-refractivity contribution < 1.29 is 9.18 Å². The molecule has 4 rings (SSSR count). The summed E-state index contributed by atoms with van der Waals surface area (Å²) in [4.78, 5) is 19.1. The van der Waals surface area contributed by atoms with E-state index < -0.39 is 11.6 Å². The molecule has 1 aliphatic heterocycles. The van der Waals surface area contributed by atoms with Gasteiger partial charge in [-0.15, -0.1) is 0 Å². The number of nitrogens with zero attached hydrogens (tertiary/aromatic N) is 4. The maximum Gasteiger partial charge on any atom is 0.263 e. The molecule has 0 bridgehead atoms. The summed E-state index contributed by atoms with van der Waals surface area (Å²) >= 11 is 0. The van der Waals surface area contributed by atoms with Crippen LogP contribution in [0.2, 0.25) is 0 Å². The van der Waals surface area contributed by atoms with Crippen LogP contribution in [0.25, 0.3) is 21.9 Å². The average molecular weight is 395 g/mol. The Kier molecular flexibility index (Phi) is 5.08. The van der Waals surface area contributed by atoms with Crippen molar-refractivity contribution in [1.82, 2.24) is 19.7 Å². The second-order valence-electron chi connectivity index (χ2n) is 8.08. The van der Waals surface area contributed by atoms with E-state index in [9.17, 15) is 4.79 Å². The predicted octanol–water partition coefficient (Wildman–Crippen LogP) is 3.79. The van der Waals surface area contributed by atoms with E-state index in [0.29, 0.717) is 24.9 Å². The third-order valence-corrected chi connectivity index (χ3v) is 5.73. The maximum absolute atomic E-state index is 15.2. The number of likely N-dealkylation sites (tertiary alicyclic amines) is 1. The van der Waals surface area contributed by atoms with Gasteiger partial charge in [-0.25, -0.2) is 9.37 Å². The Balaban J connectivity index is 1.52. The molecule has 1 N–H and O–H groups in total. The van der Waals surface area contributed by atoms with Crippen molar-refractivity contribution in [2.75, 3.05) is 18.4 Å². The molecule has 3 heterocycles. The molecule has 2 aromatic heterocycles. The van der Waals surface area contributed by atoms with Crippen LogP contribution >= 0.6 is 0 Å². The van der Waals surface area contributed by atoms with Gasteiger partial charge in [-0.05, 0) is 36.9 Å². The van der Waals surface area contributed by atoms with Gasteiger partial charge in [-0.3, -0.25) is 9.48 Å². The van der Waals surface area contributed by atoms with E-state index in [0.717, 1.165) is 21.9 Å². The number of piperidine rings is 1. The molecule has 1 aliphatic rings. The van der Waals surface area contributed by atoms with Gasteiger partial charge in [0, 0.05) is 62.4 Å². The number of anilines is 1. The van der Waals surface area contributed by atoms with Gasteiger partial charge in [0.15, 0.2) is 5.67 Å². The monoisotopic (exact) mass is 395 g/mol. The van der Waals surface area contributed by atoms with Crippen LogP contribution in [0.5, 0.6) is 0 Å². The van der Waals surface area contributed by atoms with Crippen LogP contribution in [0.1, 0.15) is 26.7 Å². The Morgan fingerprint density at radius 1 is 1.14 bits per heavy atom. The van der Waals surface area contributed by atoms with Crippen LogP contribution in [0.15, 0.2) is 42.9 Å². The lowest BCUT2D eigenvalue weighted by Crippen LogP contribution is -2.50. The summed E-state index contributed by atoms with van der Waals surface area (Å²) < 4.78 is 17.0. The fourth-order valence-corrected chi connectivity index (χ4v) is 3.81. The molecular weight excluding hydrogens is 369 g/mol. The molecule has 0 aliphatic carbocycles. The number of rotatable bonds is 4. The predicted molar refractivity (Wildman–Crippen MR) is 112 cm³/mol. The van der Waals surface area contributed by atoms with Crippen molar-refractivity contribution in [1.29, 1.82) is 0 Å². The van der Waals surface area contributed by atoms with Crippen LogP contribution in [-0.4, -0.2) is 50.4 Å². The van der Waals surface area contributed by atoms with Crippen LogP contribution in [-0.2, 0) is 11.8 Å². The van der Waals surface area contributed by atoms with Gasteiger partial charge in [0.25, 0.3) is 5.91 Å². The van der Waals surface area contributed by atoms with Gasteiger partial charge in [-0.2, -0.15) is 5.10 Å². The zero-order valence-corrected chi connectivity index (χ0v) is 17.0. The molecule has 0 spiro atoms. The molecule has 0 unspecified atom stereocenters. The Hall–Kier alpha value is -2.80. The first kappa shape index (κ1) is 19.5. The number of carbonyl (C=O) groups excluding carboxylic acids is 1. The fourth-order valence-electron chi connectivity index (χ4n) is 3.81. The van der Waals surface area contributed by atoms with Crippen LogP contribution in [0, 0.1) is 0 Å². The highest BCUT2D eigenvalue weighted by Crippen LogP contribution is 2.30. The van der Waals surface area contributed by atoms with Crippen LogP contribution in [0.3, 0.4) is 0 Å². The van der Waals surface area contributed by atoms with Crippen molar-refractivity contribution in [2.24, 2.45) is 7.05 Å². The lowest BCUT2D eigenvalue weighted by molar-refractivity contribution is -0.130. The van der Waals surface area contributed by atoms with E-state index >= 15 is 4.39 Å². The number of nitrogens with one attached hydrogen (secondary N) is 1. The van der Waals surface area contributed by atoms with Gasteiger partial charge in [0.2, 0.25) is 0 Å². The molecular formula is C22H26FN5O. The second kappa shape index (κ2) is 7.55. The van der Waals surface area contributed by atoms with Crippen molar-refractivity contribution >= 4 is 22.5 Å². The molecule has 3 aromatic rings. The maximum atomic E-state index is 15.2. The number of amides is 1. The normalized spacial score (nSPS) is 17.0. The number of alkyl halides is 1. The number of halogens is 1. The molecule has 1 fully saturated rings. The van der Waals surface area contributed by atoms with E-state index in [1.54, 1.807) is 23.1 Å². The standard InChI is InChI=1S/C22H26FN5O/c1-15(2)28-8-6-22(23,7-9-28)21(29)26-20-11-18-10-16(4-5-17(18)12-24-20)19-13-25-27(3)14-19/h4-5,10-15H,6-9H2,1-3H3,(H,24,26,29). The highest BCUT2D eigenvalue weighted by atomic mass is 19.1. The van der Waals surface area contributed by atoms with Crippen molar-refractivity contribution in [2.45, 2.75) is 38.4 Å². The summed E-state index contributed by atoms with van der Waals surface area (Å²) in [5.74, 6) is -0.231. The van der Waals surface area contributed by atoms with E-state index in [1.807, 2.05) is 31.4 Å². The lowest BCUT2D eigenvalue weighted by atomic mass is 9.91. The number of hydrogen-bond donors (Lipinski definition) is 1. The van der Waals surface area contributed by atoms with E-state index in [1.165, 1.54) is 0 Å². The fraction of sp³-hybridized carbons (Fsp3) is 0.409. The molecule has 7 heteroatoms. The molecule has 0 radical (unpaired) electrons. The van der Waals surface area contributed by atoms with Gasteiger partial charge >= 0.3 is 0 Å². The lowest BCUT2D eigenvalue weighted by Gasteiger charge is -2.37. The zero-order valence-electron chi connectivity index (χ0n) is 17.0. The van der Waals surface area contributed by atoms with E-state index in [-0.39, 0.29) is 12.8 Å². The number of carbonyl (C=O) groups is 1. The molecule has 0 atom stereocenters. The Morgan fingerprint density at radius 3 is 2.55 bits per heavy atom. The number of fused-ring (bicyclic) bond motifs is 1. The molecule has 29 heavy (non-hydrogen) atoms. The summed E-state index contributed by atoms with van der Waals surface area (Å²) in [6, 6.07) is 8.17. The molecule has 152 valence electrons. The minimum Gasteiger partial charge on any atom is -0.308 e. The molecule has 6 nitrogen and oxygen atoms in total. The van der Waals surface area contributed by atoms with Gasteiger partial charge < -0.3 is 10.2 Å². The van der Waals surface area contributed by atoms with Gasteiger partial charge in [0.05, 0.1) is 6.20 Å². The molecule has 0 saturated carbocycles. The molecule has 1 amide bonds. The highest BCUT2D eigenvalue weighted by molar-refractivity contribution is 5.98. The summed E-state index contributed by atoms with van der Waals surface area (Å²) in [5, 5.41) is 8.78. The smallest absolute Gasteiger partial charge is 0.263 e. The van der Waals surface area contributed by atoms with E-state index in [4.69, 9.17) is 0 Å². The first-order chi connectivity index (χ1) is 13.8. The second-order valence-corrected chi connectivity index (χ2v) is 8.08. The molecule has 1 saturated heterocycles. The minimum atomic E-state index is -1.85. The van der Waals surface area contributed by atoms with Crippen molar-refractivity contribution in [3.63, 3.8) is 0 Å². The van der Waals surface area contributed by atoms with Crippen LogP contribution in [0.4, 0.5) is 10.2 Å². The summed E-state index contributed by atoms with van der Waals surface area (Å²) in [6.07, 6.45) is 5.86. The summed E-state index contributed by atoms with van der Waals surface area (Å²) in [5.41, 5.74) is 0.188. The first-order valence-electron chi connectivity index (χ1n) is 9.97. The Bertz CT molecular complexity index is 1040. The topological polar surface area (TPSA) is 63.1 Å². The van der Waals surface area contributed by atoms with Crippen molar-refractivity contribution in [3.8, 4) is 11.1 Å². The number of aromatic nitrogens is 3. The largest absolute Gasteiger partial charge is 0.308 e. The number of benzene rings is 1. The molecule has 1 aromatic carbocycles. The minimum absolute atomic E-state index is 0.204. The summed E-state index contributed by atoms with van der Waals surface area (Å²) in [7, 11) is 1.88. The highest BCUT2D eigenvalue weighted by Gasteiger charge is 2.42. The van der Waals surface area contributed by atoms with Crippen LogP contribution < -0.4 is 5.32 Å². The number of aryl methyl sites for hydroxylation is 1. The zero-order chi connectivity index (χ0) is 20.6. The van der Waals surface area contributed by atoms with Gasteiger partial charge in [0.1, 0.15) is 5.82 Å². The Labute approximate surface area is 169 Å². The van der Waals surface area contributed by atoms with Gasteiger partial charge in [-0.1, -0.05) is 12.1 Å². The Morgan fingerprint density at radius 2 is 1.90 bits per heavy atom. The third-order valence-electron chi connectivity index (χ3n) is 5.73. The van der Waals surface area contributed by atoms with E-state index in [2.05, 4.69) is 34.1 Å².